The van der Waals surface area contributed by atoms with E-state index in [1.54, 1.807) is 0 Å². The first-order valence-corrected chi connectivity index (χ1v) is 6.55. The Morgan fingerprint density at radius 2 is 2.20 bits per heavy atom. The van der Waals surface area contributed by atoms with Gasteiger partial charge in [0.25, 0.3) is 0 Å². The quantitative estimate of drug-likeness (QED) is 0.659. The van der Waals surface area contributed by atoms with E-state index in [4.69, 9.17) is 11.6 Å². The van der Waals surface area contributed by atoms with Gasteiger partial charge in [-0.1, -0.05) is 23.8 Å². The number of hydrogen-bond donors (Lipinski definition) is 1. The van der Waals surface area contributed by atoms with Crippen molar-refractivity contribution in [2.75, 3.05) is 5.43 Å². The highest BCUT2D eigenvalue weighted by molar-refractivity contribution is 6.33. The molecule has 7 heteroatoms. The van der Waals surface area contributed by atoms with Crippen molar-refractivity contribution in [1.82, 2.24) is 4.98 Å². The maximum atomic E-state index is 12.5. The van der Waals surface area contributed by atoms with Crippen LogP contribution in [0.2, 0.25) is 5.02 Å². The van der Waals surface area contributed by atoms with E-state index < -0.39 is 11.7 Å². The summed E-state index contributed by atoms with van der Waals surface area (Å²) in [7, 11) is 0. The molecule has 0 saturated heterocycles. The summed E-state index contributed by atoms with van der Waals surface area (Å²) in [5, 5.41) is 4.10. The predicted octanol–water partition coefficient (Wildman–Crippen LogP) is 4.12. The SMILES string of the molecule is FC(F)(F)c1cnc(N/N=C2/C[C@H]3C=CC[C@@H]23)c(Cl)c1. The van der Waals surface area contributed by atoms with Crippen LogP contribution in [0.5, 0.6) is 0 Å². The van der Waals surface area contributed by atoms with Gasteiger partial charge in [0.05, 0.1) is 10.6 Å². The second-order valence-corrected chi connectivity index (χ2v) is 5.31. The molecular formula is C13H11ClF3N3. The van der Waals surface area contributed by atoms with Crippen molar-refractivity contribution < 1.29 is 13.2 Å². The lowest BCUT2D eigenvalue weighted by Crippen LogP contribution is -2.33. The zero-order valence-electron chi connectivity index (χ0n) is 10.3. The lowest BCUT2D eigenvalue weighted by atomic mass is 9.74. The van der Waals surface area contributed by atoms with Crippen LogP contribution in [0.15, 0.2) is 29.5 Å². The zero-order chi connectivity index (χ0) is 14.3. The van der Waals surface area contributed by atoms with Crippen molar-refractivity contribution in [3.8, 4) is 0 Å². The first-order valence-electron chi connectivity index (χ1n) is 6.17. The molecule has 1 aromatic rings. The molecule has 1 fully saturated rings. The first-order chi connectivity index (χ1) is 9.45. The van der Waals surface area contributed by atoms with E-state index in [2.05, 4.69) is 27.7 Å². The van der Waals surface area contributed by atoms with E-state index in [1.807, 2.05) is 0 Å². The van der Waals surface area contributed by atoms with Crippen molar-refractivity contribution in [3.63, 3.8) is 0 Å². The van der Waals surface area contributed by atoms with E-state index >= 15 is 0 Å². The highest BCUT2D eigenvalue weighted by Crippen LogP contribution is 2.40. The number of hydrazone groups is 1. The Labute approximate surface area is 118 Å². The number of allylic oxidation sites excluding steroid dienone is 2. The largest absolute Gasteiger partial charge is 0.417 e. The summed E-state index contributed by atoms with van der Waals surface area (Å²) < 4.78 is 37.4. The summed E-state index contributed by atoms with van der Waals surface area (Å²) in [4.78, 5) is 3.67. The molecule has 3 rings (SSSR count). The molecular weight excluding hydrogens is 291 g/mol. The van der Waals surface area contributed by atoms with Gasteiger partial charge in [0.2, 0.25) is 0 Å². The van der Waals surface area contributed by atoms with Crippen molar-refractivity contribution in [2.45, 2.75) is 19.0 Å². The van der Waals surface area contributed by atoms with Crippen LogP contribution in [0.1, 0.15) is 18.4 Å². The van der Waals surface area contributed by atoms with Crippen molar-refractivity contribution in [1.29, 1.82) is 0 Å². The summed E-state index contributed by atoms with van der Waals surface area (Å²) in [6.07, 6.45) is 2.45. The van der Waals surface area contributed by atoms with Crippen LogP contribution in [0, 0.1) is 11.8 Å². The summed E-state index contributed by atoms with van der Waals surface area (Å²) in [5.41, 5.74) is 2.80. The first kappa shape index (κ1) is 13.4. The molecule has 1 heterocycles. The minimum Gasteiger partial charge on any atom is -0.260 e. The van der Waals surface area contributed by atoms with Gasteiger partial charge in [-0.15, -0.1) is 0 Å². The van der Waals surface area contributed by atoms with Gasteiger partial charge in [0.15, 0.2) is 5.82 Å². The number of rotatable bonds is 2. The molecule has 2 atom stereocenters. The summed E-state index contributed by atoms with van der Waals surface area (Å²) in [6.45, 7) is 0. The molecule has 2 aliphatic carbocycles. The molecule has 1 aromatic heterocycles. The fourth-order valence-electron chi connectivity index (χ4n) is 2.46. The molecule has 1 N–H and O–H groups in total. The predicted molar refractivity (Wildman–Crippen MR) is 70.7 cm³/mol. The number of nitrogens with one attached hydrogen (secondary N) is 1. The molecule has 0 aliphatic heterocycles. The van der Waals surface area contributed by atoms with Gasteiger partial charge in [-0.25, -0.2) is 4.98 Å². The number of anilines is 1. The number of hydrogen-bond acceptors (Lipinski definition) is 3. The van der Waals surface area contributed by atoms with E-state index in [0.717, 1.165) is 30.8 Å². The summed E-state index contributed by atoms with van der Waals surface area (Å²) >= 11 is 5.78. The van der Waals surface area contributed by atoms with Crippen LogP contribution in [-0.4, -0.2) is 10.7 Å². The maximum Gasteiger partial charge on any atom is 0.417 e. The average molecular weight is 302 g/mol. The topological polar surface area (TPSA) is 37.3 Å². The fourth-order valence-corrected chi connectivity index (χ4v) is 2.67. The molecule has 0 spiro atoms. The van der Waals surface area contributed by atoms with Crippen molar-refractivity contribution in [3.05, 3.63) is 35.0 Å². The van der Waals surface area contributed by atoms with E-state index in [-0.39, 0.29) is 10.8 Å². The normalized spacial score (nSPS) is 26.5. The van der Waals surface area contributed by atoms with Crippen LogP contribution < -0.4 is 5.43 Å². The zero-order valence-corrected chi connectivity index (χ0v) is 11.0. The minimum absolute atomic E-state index is 0.0930. The number of alkyl halides is 3. The molecule has 20 heavy (non-hydrogen) atoms. The third-order valence-corrected chi connectivity index (χ3v) is 3.93. The molecule has 1 saturated carbocycles. The number of halogens is 4. The second kappa shape index (κ2) is 4.77. The van der Waals surface area contributed by atoms with Gasteiger partial charge < -0.3 is 0 Å². The lowest BCUT2D eigenvalue weighted by molar-refractivity contribution is -0.137. The van der Waals surface area contributed by atoms with Crippen LogP contribution in [0.3, 0.4) is 0 Å². The van der Waals surface area contributed by atoms with Gasteiger partial charge in [-0.05, 0) is 24.8 Å². The summed E-state index contributed by atoms with van der Waals surface area (Å²) in [5.74, 6) is 1.13. The monoisotopic (exact) mass is 301 g/mol. The number of nitrogens with zero attached hydrogens (tertiary/aromatic N) is 2. The van der Waals surface area contributed by atoms with Crippen molar-refractivity contribution >= 4 is 23.1 Å². The average Bonchev–Trinajstić information content (AvgIpc) is 2.72. The van der Waals surface area contributed by atoms with Crippen LogP contribution in [-0.2, 0) is 6.18 Å². The Kier molecular flexibility index (Phi) is 3.20. The Balaban J connectivity index is 1.71. The summed E-state index contributed by atoms with van der Waals surface area (Å²) in [6, 6.07) is 0.845. The van der Waals surface area contributed by atoms with Gasteiger partial charge in [-0.3, -0.25) is 5.43 Å². The molecule has 0 aromatic carbocycles. The highest BCUT2D eigenvalue weighted by Gasteiger charge is 2.38. The standard InChI is InChI=1S/C13H11ClF3N3/c14-10-5-8(13(15,16)17)6-18-12(10)20-19-11-4-7-2-1-3-9(7)11/h1-2,5-7,9H,3-4H2,(H,18,20)/b19-11-/t7-,9-/m1/s1. The van der Waals surface area contributed by atoms with E-state index in [1.165, 1.54) is 0 Å². The van der Waals surface area contributed by atoms with Gasteiger partial charge >= 0.3 is 6.18 Å². The Morgan fingerprint density at radius 3 is 2.85 bits per heavy atom. The lowest BCUT2D eigenvalue weighted by Gasteiger charge is -2.31. The smallest absolute Gasteiger partial charge is 0.260 e. The van der Waals surface area contributed by atoms with Crippen molar-refractivity contribution in [2.24, 2.45) is 16.9 Å². The molecule has 3 nitrogen and oxygen atoms in total. The fraction of sp³-hybridized carbons (Fsp3) is 0.385. The van der Waals surface area contributed by atoms with Gasteiger partial charge in [0, 0.05) is 17.8 Å². The minimum atomic E-state index is -4.45. The third-order valence-electron chi connectivity index (χ3n) is 3.64. The van der Waals surface area contributed by atoms with Crippen LogP contribution in [0.25, 0.3) is 0 Å². The van der Waals surface area contributed by atoms with Gasteiger partial charge in [-0.2, -0.15) is 18.3 Å². The molecule has 0 unspecified atom stereocenters. The molecule has 106 valence electrons. The number of pyridine rings is 1. The highest BCUT2D eigenvalue weighted by atomic mass is 35.5. The maximum absolute atomic E-state index is 12.5. The van der Waals surface area contributed by atoms with Crippen LogP contribution in [0.4, 0.5) is 19.0 Å². The third kappa shape index (κ3) is 2.40. The van der Waals surface area contributed by atoms with E-state index in [9.17, 15) is 13.2 Å². The van der Waals surface area contributed by atoms with Gasteiger partial charge in [0.1, 0.15) is 0 Å². The molecule has 0 bridgehead atoms. The molecule has 0 radical (unpaired) electrons. The Hall–Kier alpha value is -1.56. The number of aromatic nitrogens is 1. The second-order valence-electron chi connectivity index (χ2n) is 4.91. The van der Waals surface area contributed by atoms with Crippen LogP contribution >= 0.6 is 11.6 Å². The Bertz CT molecular complexity index is 595. The number of fused-ring (bicyclic) bond motifs is 1. The molecule has 0 amide bonds. The van der Waals surface area contributed by atoms with E-state index in [0.29, 0.717) is 11.8 Å². The molecule has 2 aliphatic rings. The Morgan fingerprint density at radius 1 is 1.40 bits per heavy atom.